The molecule has 0 atom stereocenters. The first-order valence-corrected chi connectivity index (χ1v) is 11.9. The van der Waals surface area contributed by atoms with Crippen LogP contribution in [-0.4, -0.2) is 20.9 Å². The standard InChI is InChI=1S/C22H20BrClN2O4S/c1-14-3-5-18(11-15(14)2)26-31(28,29)19-8-6-17(7-9-19)25-22(27)13-30-21-10-4-16(23)12-20(21)24/h3-12,26H,13H2,1-2H3,(H,25,27). The number of hydrogen-bond acceptors (Lipinski definition) is 4. The number of hydrogen-bond donors (Lipinski definition) is 2. The smallest absolute Gasteiger partial charge is 0.262 e. The fourth-order valence-electron chi connectivity index (χ4n) is 2.67. The molecule has 162 valence electrons. The number of halogens is 2. The normalized spacial score (nSPS) is 11.1. The lowest BCUT2D eigenvalue weighted by Crippen LogP contribution is -2.20. The first kappa shape index (κ1) is 23.1. The summed E-state index contributed by atoms with van der Waals surface area (Å²) in [6.07, 6.45) is 0. The molecule has 0 aliphatic heterocycles. The van der Waals surface area contributed by atoms with Crippen LogP contribution in [0.5, 0.6) is 5.75 Å². The van der Waals surface area contributed by atoms with E-state index >= 15 is 0 Å². The Morgan fingerprint density at radius 1 is 0.968 bits per heavy atom. The highest BCUT2D eigenvalue weighted by molar-refractivity contribution is 9.10. The number of benzene rings is 3. The monoisotopic (exact) mass is 522 g/mol. The minimum atomic E-state index is -3.75. The lowest BCUT2D eigenvalue weighted by atomic mass is 10.1. The van der Waals surface area contributed by atoms with Gasteiger partial charge in [0.15, 0.2) is 6.61 Å². The number of rotatable bonds is 7. The molecule has 9 heteroatoms. The fraction of sp³-hybridized carbons (Fsp3) is 0.136. The van der Waals surface area contributed by atoms with Crippen molar-refractivity contribution in [1.29, 1.82) is 0 Å². The predicted molar refractivity (Wildman–Crippen MR) is 126 cm³/mol. The highest BCUT2D eigenvalue weighted by Crippen LogP contribution is 2.27. The maximum atomic E-state index is 12.6. The van der Waals surface area contributed by atoms with Gasteiger partial charge < -0.3 is 10.1 Å². The van der Waals surface area contributed by atoms with E-state index in [1.54, 1.807) is 30.3 Å². The maximum absolute atomic E-state index is 12.6. The molecule has 0 aliphatic carbocycles. The van der Waals surface area contributed by atoms with Gasteiger partial charge in [-0.25, -0.2) is 8.42 Å². The molecule has 0 saturated carbocycles. The number of sulfonamides is 1. The summed E-state index contributed by atoms with van der Waals surface area (Å²) in [4.78, 5) is 12.2. The summed E-state index contributed by atoms with van der Waals surface area (Å²) in [5.41, 5.74) is 3.00. The van der Waals surface area contributed by atoms with Crippen molar-refractivity contribution in [2.24, 2.45) is 0 Å². The Hall–Kier alpha value is -2.55. The molecule has 3 aromatic carbocycles. The van der Waals surface area contributed by atoms with Crippen LogP contribution in [-0.2, 0) is 14.8 Å². The molecule has 0 radical (unpaired) electrons. The SMILES string of the molecule is Cc1ccc(NS(=O)(=O)c2ccc(NC(=O)COc3ccc(Br)cc3Cl)cc2)cc1C. The molecule has 1 amide bonds. The molecule has 0 unspecified atom stereocenters. The first-order valence-electron chi connectivity index (χ1n) is 9.22. The second-order valence-corrected chi connectivity index (χ2v) is 9.85. The van der Waals surface area contributed by atoms with Gasteiger partial charge in [0, 0.05) is 15.8 Å². The average molecular weight is 524 g/mol. The zero-order chi connectivity index (χ0) is 22.6. The van der Waals surface area contributed by atoms with Crippen molar-refractivity contribution in [1.82, 2.24) is 0 Å². The van der Waals surface area contributed by atoms with Crippen LogP contribution in [0.2, 0.25) is 5.02 Å². The van der Waals surface area contributed by atoms with Crippen LogP contribution in [0.4, 0.5) is 11.4 Å². The van der Waals surface area contributed by atoms with Gasteiger partial charge in [-0.2, -0.15) is 0 Å². The van der Waals surface area contributed by atoms with Crippen molar-refractivity contribution in [3.8, 4) is 5.75 Å². The Bertz CT molecular complexity index is 1210. The molecule has 3 aromatic rings. The fourth-order valence-corrected chi connectivity index (χ4v) is 4.45. The van der Waals surface area contributed by atoms with E-state index in [0.29, 0.717) is 22.1 Å². The van der Waals surface area contributed by atoms with E-state index in [4.69, 9.17) is 16.3 Å². The third-order valence-electron chi connectivity index (χ3n) is 4.46. The van der Waals surface area contributed by atoms with E-state index in [0.717, 1.165) is 15.6 Å². The van der Waals surface area contributed by atoms with Crippen LogP contribution in [0.3, 0.4) is 0 Å². The lowest BCUT2D eigenvalue weighted by molar-refractivity contribution is -0.118. The summed E-state index contributed by atoms with van der Waals surface area (Å²) in [5, 5.41) is 3.04. The van der Waals surface area contributed by atoms with Gasteiger partial charge in [0.1, 0.15) is 5.75 Å². The van der Waals surface area contributed by atoms with Crippen molar-refractivity contribution in [2.75, 3.05) is 16.6 Å². The Morgan fingerprint density at radius 3 is 2.29 bits per heavy atom. The Kier molecular flexibility index (Phi) is 7.25. The largest absolute Gasteiger partial charge is 0.482 e. The van der Waals surface area contributed by atoms with Crippen LogP contribution in [0.15, 0.2) is 70.0 Å². The number of anilines is 2. The molecule has 6 nitrogen and oxygen atoms in total. The molecular formula is C22H20BrClN2O4S. The highest BCUT2D eigenvalue weighted by Gasteiger charge is 2.15. The van der Waals surface area contributed by atoms with Gasteiger partial charge in [-0.05, 0) is 79.6 Å². The van der Waals surface area contributed by atoms with E-state index in [-0.39, 0.29) is 11.5 Å². The van der Waals surface area contributed by atoms with Crippen LogP contribution >= 0.6 is 27.5 Å². The number of carbonyl (C=O) groups excluding carboxylic acids is 1. The van der Waals surface area contributed by atoms with E-state index in [1.807, 2.05) is 19.9 Å². The van der Waals surface area contributed by atoms with Gasteiger partial charge >= 0.3 is 0 Å². The zero-order valence-corrected chi connectivity index (χ0v) is 19.9. The van der Waals surface area contributed by atoms with Crippen molar-refractivity contribution in [3.05, 3.63) is 81.3 Å². The van der Waals surface area contributed by atoms with Crippen LogP contribution in [0.25, 0.3) is 0 Å². The summed E-state index contributed by atoms with van der Waals surface area (Å²) < 4.78 is 34.0. The minimum absolute atomic E-state index is 0.0848. The average Bonchev–Trinajstić information content (AvgIpc) is 2.70. The third-order valence-corrected chi connectivity index (χ3v) is 6.65. The molecular weight excluding hydrogens is 504 g/mol. The topological polar surface area (TPSA) is 84.5 Å². The van der Waals surface area contributed by atoms with Crippen LogP contribution in [0, 0.1) is 13.8 Å². The molecule has 0 saturated heterocycles. The van der Waals surface area contributed by atoms with Gasteiger partial charge in [-0.3, -0.25) is 9.52 Å². The number of ether oxygens (including phenoxy) is 1. The molecule has 0 aliphatic rings. The molecule has 0 heterocycles. The van der Waals surface area contributed by atoms with Crippen LogP contribution in [0.1, 0.15) is 11.1 Å². The second-order valence-electron chi connectivity index (χ2n) is 6.84. The number of aryl methyl sites for hydroxylation is 2. The summed E-state index contributed by atoms with van der Waals surface area (Å²) in [6, 6.07) is 16.3. The third kappa shape index (κ3) is 6.22. The minimum Gasteiger partial charge on any atom is -0.482 e. The summed E-state index contributed by atoms with van der Waals surface area (Å²) >= 11 is 9.36. The quantitative estimate of drug-likeness (QED) is 0.426. The Morgan fingerprint density at radius 2 is 1.65 bits per heavy atom. The summed E-state index contributed by atoms with van der Waals surface area (Å²) in [7, 11) is -3.75. The number of amides is 1. The Labute approximate surface area is 194 Å². The molecule has 3 rings (SSSR count). The molecule has 31 heavy (non-hydrogen) atoms. The van der Waals surface area contributed by atoms with Gasteiger partial charge in [-0.15, -0.1) is 0 Å². The summed E-state index contributed by atoms with van der Waals surface area (Å²) in [6.45, 7) is 3.63. The van der Waals surface area contributed by atoms with Gasteiger partial charge in [0.2, 0.25) is 0 Å². The van der Waals surface area contributed by atoms with E-state index in [2.05, 4.69) is 26.0 Å². The predicted octanol–water partition coefficient (Wildman–Crippen LogP) is 5.54. The molecule has 0 fully saturated rings. The molecule has 2 N–H and O–H groups in total. The van der Waals surface area contributed by atoms with E-state index in [9.17, 15) is 13.2 Å². The molecule has 0 spiro atoms. The Balaban J connectivity index is 1.61. The van der Waals surface area contributed by atoms with Gasteiger partial charge in [0.05, 0.1) is 9.92 Å². The summed E-state index contributed by atoms with van der Waals surface area (Å²) in [5.74, 6) is -0.0123. The second kappa shape index (κ2) is 9.72. The highest BCUT2D eigenvalue weighted by atomic mass is 79.9. The maximum Gasteiger partial charge on any atom is 0.262 e. The molecule has 0 bridgehead atoms. The van der Waals surface area contributed by atoms with Gasteiger partial charge in [0.25, 0.3) is 15.9 Å². The van der Waals surface area contributed by atoms with E-state index in [1.165, 1.54) is 24.3 Å². The molecule has 0 aromatic heterocycles. The van der Waals surface area contributed by atoms with Crippen LogP contribution < -0.4 is 14.8 Å². The van der Waals surface area contributed by atoms with Crippen molar-refractivity contribution < 1.29 is 17.9 Å². The van der Waals surface area contributed by atoms with E-state index < -0.39 is 15.9 Å². The number of carbonyl (C=O) groups is 1. The first-order chi connectivity index (χ1) is 14.6. The van der Waals surface area contributed by atoms with Crippen molar-refractivity contribution in [2.45, 2.75) is 18.7 Å². The van der Waals surface area contributed by atoms with Crippen molar-refractivity contribution in [3.63, 3.8) is 0 Å². The number of nitrogens with one attached hydrogen (secondary N) is 2. The van der Waals surface area contributed by atoms with Crippen molar-refractivity contribution >= 4 is 54.8 Å². The lowest BCUT2D eigenvalue weighted by Gasteiger charge is -2.11. The zero-order valence-electron chi connectivity index (χ0n) is 16.8. The van der Waals surface area contributed by atoms with Gasteiger partial charge in [-0.1, -0.05) is 33.6 Å².